The Balaban J connectivity index is 1.81. The number of carbonyl (C=O) groups excluding carboxylic acids is 1. The van der Waals surface area contributed by atoms with Gasteiger partial charge in [0.15, 0.2) is 6.04 Å². The summed E-state index contributed by atoms with van der Waals surface area (Å²) in [6.07, 6.45) is 0.0665. The highest BCUT2D eigenvalue weighted by Gasteiger charge is 2.24. The van der Waals surface area contributed by atoms with Gasteiger partial charge < -0.3 is 19.9 Å². The Morgan fingerprint density at radius 2 is 1.54 bits per heavy atom. The number of nitrogens with one attached hydrogen (secondary N) is 1. The van der Waals surface area contributed by atoms with Gasteiger partial charge in [-0.25, -0.2) is 9.59 Å². The third-order valence-electron chi connectivity index (χ3n) is 3.82. The van der Waals surface area contributed by atoms with Gasteiger partial charge in [-0.05, 0) is 43.9 Å². The first-order valence-corrected chi connectivity index (χ1v) is 9.15. The van der Waals surface area contributed by atoms with Crippen LogP contribution in [0.15, 0.2) is 54.6 Å². The van der Waals surface area contributed by atoms with Crippen molar-refractivity contribution in [2.24, 2.45) is 0 Å². The van der Waals surface area contributed by atoms with Gasteiger partial charge in [-0.15, -0.1) is 0 Å². The van der Waals surface area contributed by atoms with Crippen LogP contribution in [-0.2, 0) is 27.3 Å². The minimum absolute atomic E-state index is 0.152. The Morgan fingerprint density at radius 1 is 0.964 bits per heavy atom. The van der Waals surface area contributed by atoms with Crippen molar-refractivity contribution in [2.75, 3.05) is 6.61 Å². The number of carboxylic acids is 1. The molecule has 2 aromatic carbocycles. The van der Waals surface area contributed by atoms with E-state index in [2.05, 4.69) is 17.4 Å². The number of benzene rings is 2. The largest absolute Gasteiger partial charge is 0.480 e. The summed E-state index contributed by atoms with van der Waals surface area (Å²) in [7, 11) is 0. The molecule has 2 N–H and O–H groups in total. The molecule has 2 aromatic rings. The van der Waals surface area contributed by atoms with E-state index in [1.807, 2.05) is 42.5 Å². The van der Waals surface area contributed by atoms with Gasteiger partial charge >= 0.3 is 12.1 Å². The van der Waals surface area contributed by atoms with E-state index in [0.717, 1.165) is 12.0 Å². The lowest BCUT2D eigenvalue weighted by Gasteiger charge is -2.22. The fraction of sp³-hybridized carbons (Fsp3) is 0.364. The van der Waals surface area contributed by atoms with Gasteiger partial charge in [0, 0.05) is 0 Å². The molecular formula is C22H27NO5. The van der Waals surface area contributed by atoms with Crippen LogP contribution in [0.4, 0.5) is 4.79 Å². The van der Waals surface area contributed by atoms with Crippen molar-refractivity contribution in [2.45, 2.75) is 45.4 Å². The number of rotatable bonds is 8. The third-order valence-corrected chi connectivity index (χ3v) is 3.82. The van der Waals surface area contributed by atoms with Crippen molar-refractivity contribution < 1.29 is 24.2 Å². The lowest BCUT2D eigenvalue weighted by Crippen LogP contribution is -2.46. The third kappa shape index (κ3) is 7.80. The number of carbonyl (C=O) groups is 2. The molecule has 2 rings (SSSR count). The molecule has 0 heterocycles. The second kappa shape index (κ2) is 9.90. The Labute approximate surface area is 165 Å². The molecule has 0 aromatic heterocycles. The second-order valence-electron chi connectivity index (χ2n) is 7.53. The number of hydrogen-bond donors (Lipinski definition) is 2. The summed E-state index contributed by atoms with van der Waals surface area (Å²) in [5, 5.41) is 11.6. The Morgan fingerprint density at radius 3 is 2.11 bits per heavy atom. The molecular weight excluding hydrogens is 358 g/mol. The van der Waals surface area contributed by atoms with Crippen LogP contribution in [0.3, 0.4) is 0 Å². The molecule has 0 aliphatic rings. The standard InChI is InChI=1S/C22H27NO5/c1-22(2,3)28-21(26)23-19(20(24)25)15-27-14-18-11-9-17(10-12-18)13-16-7-5-4-6-8-16/h4-12,19H,13-15H2,1-3H3,(H,23,26)(H,24,25). The molecule has 28 heavy (non-hydrogen) atoms. The van der Waals surface area contributed by atoms with Gasteiger partial charge in [0.05, 0.1) is 13.2 Å². The van der Waals surface area contributed by atoms with Crippen LogP contribution >= 0.6 is 0 Å². The molecule has 6 nitrogen and oxygen atoms in total. The molecule has 0 aliphatic heterocycles. The van der Waals surface area contributed by atoms with Crippen LogP contribution < -0.4 is 5.32 Å². The number of hydrogen-bond acceptors (Lipinski definition) is 4. The van der Waals surface area contributed by atoms with Crippen molar-refractivity contribution in [3.05, 3.63) is 71.3 Å². The van der Waals surface area contributed by atoms with Crippen LogP contribution in [0.25, 0.3) is 0 Å². The number of carboxylic acid groups (broad SMARTS) is 1. The first kappa shape index (κ1) is 21.4. The van der Waals surface area contributed by atoms with Crippen LogP contribution in [-0.4, -0.2) is 35.4 Å². The summed E-state index contributed by atoms with van der Waals surface area (Å²) in [5.41, 5.74) is 2.65. The Kier molecular flexibility index (Phi) is 7.58. The van der Waals surface area contributed by atoms with E-state index in [0.29, 0.717) is 0 Å². The van der Waals surface area contributed by atoms with Gasteiger partial charge in [-0.3, -0.25) is 0 Å². The molecule has 1 atom stereocenters. The zero-order valence-electron chi connectivity index (χ0n) is 16.5. The highest BCUT2D eigenvalue weighted by Crippen LogP contribution is 2.12. The van der Waals surface area contributed by atoms with Crippen LogP contribution in [0.5, 0.6) is 0 Å². The number of alkyl carbamates (subject to hydrolysis) is 1. The molecule has 6 heteroatoms. The number of aliphatic carboxylic acids is 1. The normalized spacial score (nSPS) is 12.2. The maximum atomic E-state index is 11.7. The first-order chi connectivity index (χ1) is 13.2. The van der Waals surface area contributed by atoms with Crippen molar-refractivity contribution in [3.63, 3.8) is 0 Å². The van der Waals surface area contributed by atoms with Crippen molar-refractivity contribution in [1.82, 2.24) is 5.32 Å². The molecule has 0 bridgehead atoms. The summed E-state index contributed by atoms with van der Waals surface area (Å²) in [6, 6.07) is 17.0. The van der Waals surface area contributed by atoms with E-state index in [9.17, 15) is 14.7 Å². The summed E-state index contributed by atoms with van der Waals surface area (Å²) < 4.78 is 10.6. The zero-order chi connectivity index (χ0) is 20.6. The fourth-order valence-corrected chi connectivity index (χ4v) is 2.50. The van der Waals surface area contributed by atoms with Gasteiger partial charge in [-0.2, -0.15) is 0 Å². The maximum absolute atomic E-state index is 11.7. The lowest BCUT2D eigenvalue weighted by atomic mass is 10.0. The molecule has 0 saturated heterocycles. The molecule has 0 spiro atoms. The van der Waals surface area contributed by atoms with E-state index >= 15 is 0 Å². The highest BCUT2D eigenvalue weighted by molar-refractivity contribution is 5.80. The summed E-state index contributed by atoms with van der Waals surface area (Å²) in [6.45, 7) is 5.23. The average molecular weight is 385 g/mol. The van der Waals surface area contributed by atoms with Crippen molar-refractivity contribution in [3.8, 4) is 0 Å². The Hall–Kier alpha value is -2.86. The molecule has 1 unspecified atom stereocenters. The van der Waals surface area contributed by atoms with E-state index in [-0.39, 0.29) is 13.2 Å². The molecule has 0 radical (unpaired) electrons. The van der Waals surface area contributed by atoms with Crippen LogP contribution in [0.1, 0.15) is 37.5 Å². The van der Waals surface area contributed by atoms with E-state index in [1.165, 1.54) is 11.1 Å². The monoisotopic (exact) mass is 385 g/mol. The predicted octanol–water partition coefficient (Wildman–Crippen LogP) is 3.77. The quantitative estimate of drug-likeness (QED) is 0.722. The number of amides is 1. The summed E-state index contributed by atoms with van der Waals surface area (Å²) in [4.78, 5) is 23.1. The van der Waals surface area contributed by atoms with E-state index < -0.39 is 23.7 Å². The molecule has 0 aliphatic carbocycles. The molecule has 0 fully saturated rings. The van der Waals surface area contributed by atoms with Gasteiger partial charge in [0.1, 0.15) is 5.60 Å². The highest BCUT2D eigenvalue weighted by atomic mass is 16.6. The lowest BCUT2D eigenvalue weighted by molar-refractivity contribution is -0.141. The Bertz CT molecular complexity index is 766. The topological polar surface area (TPSA) is 84.9 Å². The SMILES string of the molecule is CC(C)(C)OC(=O)NC(COCc1ccc(Cc2ccccc2)cc1)C(=O)O. The van der Waals surface area contributed by atoms with Crippen molar-refractivity contribution in [1.29, 1.82) is 0 Å². The number of ether oxygens (including phenoxy) is 2. The van der Waals surface area contributed by atoms with Crippen LogP contribution in [0, 0.1) is 0 Å². The van der Waals surface area contributed by atoms with E-state index in [4.69, 9.17) is 9.47 Å². The maximum Gasteiger partial charge on any atom is 0.408 e. The van der Waals surface area contributed by atoms with Crippen LogP contribution in [0.2, 0.25) is 0 Å². The zero-order valence-corrected chi connectivity index (χ0v) is 16.5. The molecule has 150 valence electrons. The van der Waals surface area contributed by atoms with E-state index in [1.54, 1.807) is 20.8 Å². The van der Waals surface area contributed by atoms with Gasteiger partial charge in [-0.1, -0.05) is 54.6 Å². The molecule has 1 amide bonds. The minimum atomic E-state index is -1.18. The van der Waals surface area contributed by atoms with Gasteiger partial charge in [0.25, 0.3) is 0 Å². The second-order valence-corrected chi connectivity index (χ2v) is 7.53. The fourth-order valence-electron chi connectivity index (χ4n) is 2.50. The molecule has 0 saturated carbocycles. The first-order valence-electron chi connectivity index (χ1n) is 9.15. The van der Waals surface area contributed by atoms with Crippen molar-refractivity contribution >= 4 is 12.1 Å². The average Bonchev–Trinajstić information content (AvgIpc) is 2.61. The predicted molar refractivity (Wildman–Crippen MR) is 106 cm³/mol. The summed E-state index contributed by atoms with van der Waals surface area (Å²) in [5.74, 6) is -1.18. The minimum Gasteiger partial charge on any atom is -0.480 e. The smallest absolute Gasteiger partial charge is 0.408 e. The summed E-state index contributed by atoms with van der Waals surface area (Å²) >= 11 is 0. The van der Waals surface area contributed by atoms with Gasteiger partial charge in [0.2, 0.25) is 0 Å².